The molecule has 112 valence electrons. The van der Waals surface area contributed by atoms with Gasteiger partial charge in [0.25, 0.3) is 0 Å². The van der Waals surface area contributed by atoms with Crippen molar-refractivity contribution < 1.29 is 0 Å². The van der Waals surface area contributed by atoms with Crippen LogP contribution in [0.2, 0.25) is 0 Å². The molecule has 0 fully saturated rings. The minimum Gasteiger partial charge on any atom is -0.344 e. The van der Waals surface area contributed by atoms with Gasteiger partial charge in [-0.15, -0.1) is 0 Å². The van der Waals surface area contributed by atoms with Gasteiger partial charge in [-0.05, 0) is 35.4 Å². The highest BCUT2D eigenvalue weighted by molar-refractivity contribution is 6.09. The van der Waals surface area contributed by atoms with Crippen molar-refractivity contribution in [3.05, 3.63) is 71.8 Å². The molecule has 23 heavy (non-hydrogen) atoms. The van der Waals surface area contributed by atoms with E-state index < -0.39 is 0 Å². The summed E-state index contributed by atoms with van der Waals surface area (Å²) in [5.41, 5.74) is 8.05. The average Bonchev–Trinajstić information content (AvgIpc) is 2.87. The second-order valence-corrected chi connectivity index (χ2v) is 6.44. The van der Waals surface area contributed by atoms with E-state index in [4.69, 9.17) is 0 Å². The van der Waals surface area contributed by atoms with Crippen molar-refractivity contribution in [1.82, 2.24) is 4.57 Å². The second kappa shape index (κ2) is 4.39. The summed E-state index contributed by atoms with van der Waals surface area (Å²) in [4.78, 5) is 2.32. The van der Waals surface area contributed by atoms with Crippen LogP contribution >= 0.6 is 0 Å². The Labute approximate surface area is 135 Å². The molecule has 5 rings (SSSR count). The van der Waals surface area contributed by atoms with Crippen molar-refractivity contribution in [2.45, 2.75) is 6.42 Å². The first-order chi connectivity index (χ1) is 11.2. The number of hydrogen-bond donors (Lipinski definition) is 0. The topological polar surface area (TPSA) is 8.17 Å². The number of fused-ring (bicyclic) bond motifs is 5. The van der Waals surface area contributed by atoms with Crippen LogP contribution in [0.5, 0.6) is 0 Å². The molecule has 0 saturated heterocycles. The van der Waals surface area contributed by atoms with Gasteiger partial charge in [0.2, 0.25) is 0 Å². The lowest BCUT2D eigenvalue weighted by molar-refractivity contribution is 1.01. The molecule has 0 amide bonds. The third kappa shape index (κ3) is 1.63. The second-order valence-electron chi connectivity index (χ2n) is 6.44. The number of hydrogen-bond acceptors (Lipinski definition) is 1. The Morgan fingerprint density at radius 2 is 1.48 bits per heavy atom. The smallest absolute Gasteiger partial charge is 0.0509 e. The van der Waals surface area contributed by atoms with E-state index in [0.717, 1.165) is 6.42 Å². The monoisotopic (exact) mass is 298 g/mol. The van der Waals surface area contributed by atoms with E-state index in [2.05, 4.69) is 84.2 Å². The minimum absolute atomic E-state index is 1.01. The van der Waals surface area contributed by atoms with Gasteiger partial charge >= 0.3 is 0 Å². The van der Waals surface area contributed by atoms with Gasteiger partial charge in [0.05, 0.1) is 5.52 Å². The summed E-state index contributed by atoms with van der Waals surface area (Å²) in [6, 6.07) is 22.1. The van der Waals surface area contributed by atoms with E-state index in [1.807, 2.05) is 0 Å². The van der Waals surface area contributed by atoms with E-state index in [1.165, 1.54) is 44.3 Å². The number of anilines is 2. The molecule has 1 aliphatic heterocycles. The zero-order valence-corrected chi connectivity index (χ0v) is 13.4. The van der Waals surface area contributed by atoms with Crippen molar-refractivity contribution in [2.75, 3.05) is 11.9 Å². The summed E-state index contributed by atoms with van der Waals surface area (Å²) < 4.78 is 2.30. The molecule has 0 spiro atoms. The number of rotatable bonds is 0. The number of benzene rings is 3. The quantitative estimate of drug-likeness (QED) is 0.443. The van der Waals surface area contributed by atoms with Gasteiger partial charge in [-0.3, -0.25) is 0 Å². The molecule has 2 heteroatoms. The predicted octanol–water partition coefficient (Wildman–Crippen LogP) is 5.00. The molecule has 4 aromatic rings. The lowest BCUT2D eigenvalue weighted by Gasteiger charge is -2.30. The van der Waals surface area contributed by atoms with Crippen molar-refractivity contribution in [1.29, 1.82) is 0 Å². The molecule has 1 aliphatic rings. The summed E-state index contributed by atoms with van der Waals surface area (Å²) in [5.74, 6) is 0. The molecule has 3 aromatic carbocycles. The van der Waals surface area contributed by atoms with Crippen LogP contribution in [-0.2, 0) is 13.5 Å². The Morgan fingerprint density at radius 3 is 2.39 bits per heavy atom. The maximum Gasteiger partial charge on any atom is 0.0509 e. The standard InChI is InChI=1S/C21H18N2/c1-22-18-9-5-3-7-14(18)11-15-12-17-16-8-4-6-10-19(16)23(2)21(17)13-20(15)22/h3-10,12-13H,11H2,1-2H3. The summed E-state index contributed by atoms with van der Waals surface area (Å²) in [6.07, 6.45) is 1.01. The van der Waals surface area contributed by atoms with Crippen LogP contribution < -0.4 is 4.90 Å². The Balaban J connectivity index is 1.85. The zero-order chi connectivity index (χ0) is 15.6. The molecule has 0 aliphatic carbocycles. The van der Waals surface area contributed by atoms with Crippen LogP contribution in [0.15, 0.2) is 60.7 Å². The van der Waals surface area contributed by atoms with Crippen molar-refractivity contribution in [2.24, 2.45) is 7.05 Å². The first kappa shape index (κ1) is 12.8. The lowest BCUT2D eigenvalue weighted by atomic mass is 9.94. The van der Waals surface area contributed by atoms with E-state index in [-0.39, 0.29) is 0 Å². The van der Waals surface area contributed by atoms with Crippen LogP contribution in [0, 0.1) is 0 Å². The molecule has 0 saturated carbocycles. The van der Waals surface area contributed by atoms with E-state index in [9.17, 15) is 0 Å². The van der Waals surface area contributed by atoms with Crippen LogP contribution in [0.1, 0.15) is 11.1 Å². The molecule has 0 unspecified atom stereocenters. The van der Waals surface area contributed by atoms with Gasteiger partial charge in [-0.2, -0.15) is 0 Å². The van der Waals surface area contributed by atoms with Gasteiger partial charge in [-0.25, -0.2) is 0 Å². The third-order valence-corrected chi connectivity index (χ3v) is 5.21. The first-order valence-electron chi connectivity index (χ1n) is 8.06. The Bertz CT molecular complexity index is 1070. The van der Waals surface area contributed by atoms with Crippen LogP contribution in [0.3, 0.4) is 0 Å². The minimum atomic E-state index is 1.01. The Hall–Kier alpha value is -2.74. The molecule has 0 atom stereocenters. The molecule has 2 heterocycles. The third-order valence-electron chi connectivity index (χ3n) is 5.21. The largest absolute Gasteiger partial charge is 0.344 e. The lowest BCUT2D eigenvalue weighted by Crippen LogP contribution is -2.18. The summed E-state index contributed by atoms with van der Waals surface area (Å²) >= 11 is 0. The van der Waals surface area contributed by atoms with Gasteiger partial charge in [0.1, 0.15) is 0 Å². The predicted molar refractivity (Wildman–Crippen MR) is 97.7 cm³/mol. The van der Waals surface area contributed by atoms with Crippen LogP contribution in [0.4, 0.5) is 11.4 Å². The first-order valence-corrected chi connectivity index (χ1v) is 8.06. The summed E-state index contributed by atoms with van der Waals surface area (Å²) in [6.45, 7) is 0. The molecule has 0 radical (unpaired) electrons. The number of para-hydroxylation sites is 2. The van der Waals surface area contributed by atoms with Gasteiger partial charge in [-0.1, -0.05) is 36.4 Å². The van der Waals surface area contributed by atoms with Crippen LogP contribution in [-0.4, -0.2) is 11.6 Å². The molecule has 0 bridgehead atoms. The van der Waals surface area contributed by atoms with Gasteiger partial charge in [0.15, 0.2) is 0 Å². The number of aromatic nitrogens is 1. The van der Waals surface area contributed by atoms with E-state index in [1.54, 1.807) is 0 Å². The van der Waals surface area contributed by atoms with Crippen molar-refractivity contribution >= 4 is 33.2 Å². The normalized spacial score (nSPS) is 13.4. The Morgan fingerprint density at radius 1 is 0.696 bits per heavy atom. The maximum absolute atomic E-state index is 2.39. The summed E-state index contributed by atoms with van der Waals surface area (Å²) in [5, 5.41) is 2.70. The average molecular weight is 298 g/mol. The fourth-order valence-corrected chi connectivity index (χ4v) is 4.02. The molecule has 0 N–H and O–H groups in total. The highest BCUT2D eigenvalue weighted by Gasteiger charge is 2.21. The highest BCUT2D eigenvalue weighted by atomic mass is 15.1. The van der Waals surface area contributed by atoms with Crippen LogP contribution in [0.25, 0.3) is 21.8 Å². The Kier molecular flexibility index (Phi) is 2.44. The van der Waals surface area contributed by atoms with Gasteiger partial charge in [0, 0.05) is 48.2 Å². The molecule has 2 nitrogen and oxygen atoms in total. The summed E-state index contributed by atoms with van der Waals surface area (Å²) in [7, 11) is 4.33. The highest BCUT2D eigenvalue weighted by Crippen LogP contribution is 2.41. The van der Waals surface area contributed by atoms with E-state index in [0.29, 0.717) is 0 Å². The SMILES string of the molecule is CN1c2ccccc2Cc2cc3c4ccccc4n(C)c3cc21. The molecule has 1 aromatic heterocycles. The van der Waals surface area contributed by atoms with Crippen molar-refractivity contribution in [3.63, 3.8) is 0 Å². The van der Waals surface area contributed by atoms with E-state index >= 15 is 0 Å². The van der Waals surface area contributed by atoms with Crippen molar-refractivity contribution in [3.8, 4) is 0 Å². The fourth-order valence-electron chi connectivity index (χ4n) is 4.02. The molecular weight excluding hydrogens is 280 g/mol. The zero-order valence-electron chi connectivity index (χ0n) is 13.4. The number of aryl methyl sites for hydroxylation is 1. The number of nitrogens with zero attached hydrogens (tertiary/aromatic N) is 2. The van der Waals surface area contributed by atoms with Gasteiger partial charge < -0.3 is 9.47 Å². The molecular formula is C21H18N2. The fraction of sp³-hybridized carbons (Fsp3) is 0.143. The maximum atomic E-state index is 2.39.